The summed E-state index contributed by atoms with van der Waals surface area (Å²) in [5.41, 5.74) is 1.54. The fraction of sp³-hybridized carbons (Fsp3) is 0.467. The molecule has 0 aromatic heterocycles. The predicted molar refractivity (Wildman–Crippen MR) is 80.8 cm³/mol. The molecule has 6 nitrogen and oxygen atoms in total. The van der Waals surface area contributed by atoms with Gasteiger partial charge in [-0.1, -0.05) is 13.3 Å². The van der Waals surface area contributed by atoms with Crippen LogP contribution >= 0.6 is 0 Å². The number of aryl methyl sites for hydroxylation is 1. The number of urea groups is 1. The molecule has 0 fully saturated rings. The zero-order valence-corrected chi connectivity index (χ0v) is 12.6. The number of hydrogen-bond donors (Lipinski definition) is 3. The van der Waals surface area contributed by atoms with Crippen molar-refractivity contribution in [3.8, 4) is 5.75 Å². The number of ether oxygens (including phenoxy) is 1. The Bertz CT molecular complexity index is 502. The number of nitrogens with one attached hydrogen (secondary N) is 2. The van der Waals surface area contributed by atoms with E-state index in [1.165, 1.54) is 0 Å². The topological polar surface area (TPSA) is 87.7 Å². The molecular formula is C15H22N2O4. The third kappa shape index (κ3) is 5.33. The summed E-state index contributed by atoms with van der Waals surface area (Å²) >= 11 is 0. The summed E-state index contributed by atoms with van der Waals surface area (Å²) < 4.78 is 5.14. The smallest absolute Gasteiger partial charge is 0.319 e. The van der Waals surface area contributed by atoms with Crippen molar-refractivity contribution in [2.24, 2.45) is 5.92 Å². The molecule has 1 unspecified atom stereocenters. The molecule has 0 saturated carbocycles. The van der Waals surface area contributed by atoms with Gasteiger partial charge in [0.25, 0.3) is 0 Å². The number of carboxylic acid groups (broad SMARTS) is 1. The van der Waals surface area contributed by atoms with Crippen molar-refractivity contribution in [3.05, 3.63) is 23.8 Å². The second-order valence-corrected chi connectivity index (χ2v) is 4.84. The zero-order chi connectivity index (χ0) is 15.8. The highest BCUT2D eigenvalue weighted by Gasteiger charge is 2.17. The number of methoxy groups -OCH3 is 1. The van der Waals surface area contributed by atoms with Crippen LogP contribution in [0.3, 0.4) is 0 Å². The maximum atomic E-state index is 11.8. The molecule has 2 amide bonds. The molecule has 1 rings (SSSR count). The minimum Gasteiger partial charge on any atom is -0.496 e. The van der Waals surface area contributed by atoms with Gasteiger partial charge in [0.1, 0.15) is 5.75 Å². The summed E-state index contributed by atoms with van der Waals surface area (Å²) in [6.07, 6.45) is 1.30. The van der Waals surface area contributed by atoms with Crippen LogP contribution in [0, 0.1) is 12.8 Å². The number of hydrogen-bond acceptors (Lipinski definition) is 3. The molecule has 3 N–H and O–H groups in total. The number of carbonyl (C=O) groups is 2. The standard InChI is InChI=1S/C15H22N2O4/c1-4-5-11(14(18)19)9-16-15(20)17-12-6-7-13(21-3)10(2)8-12/h6-8,11H,4-5,9H2,1-3H3,(H,18,19)(H2,16,17,20). The van der Waals surface area contributed by atoms with Crippen LogP contribution in [-0.4, -0.2) is 30.8 Å². The second kappa shape index (κ2) is 8.14. The van der Waals surface area contributed by atoms with Gasteiger partial charge in [-0.15, -0.1) is 0 Å². The first-order chi connectivity index (χ1) is 9.97. The van der Waals surface area contributed by atoms with Crippen molar-refractivity contribution in [1.29, 1.82) is 0 Å². The zero-order valence-electron chi connectivity index (χ0n) is 12.6. The van der Waals surface area contributed by atoms with Crippen molar-refractivity contribution in [3.63, 3.8) is 0 Å². The Kier molecular flexibility index (Phi) is 6.52. The lowest BCUT2D eigenvalue weighted by molar-refractivity contribution is -0.141. The molecule has 21 heavy (non-hydrogen) atoms. The Morgan fingerprint density at radius 2 is 2.10 bits per heavy atom. The Labute approximate surface area is 124 Å². The van der Waals surface area contributed by atoms with Crippen LogP contribution in [0.25, 0.3) is 0 Å². The molecule has 0 saturated heterocycles. The third-order valence-corrected chi connectivity index (χ3v) is 3.15. The van der Waals surface area contributed by atoms with Gasteiger partial charge in [0, 0.05) is 12.2 Å². The molecule has 0 aliphatic heterocycles. The lowest BCUT2D eigenvalue weighted by Crippen LogP contribution is -2.35. The molecule has 1 aromatic carbocycles. The number of benzene rings is 1. The molecule has 0 aliphatic carbocycles. The Morgan fingerprint density at radius 3 is 2.62 bits per heavy atom. The Balaban J connectivity index is 2.53. The van der Waals surface area contributed by atoms with Gasteiger partial charge < -0.3 is 20.5 Å². The summed E-state index contributed by atoms with van der Waals surface area (Å²) in [6.45, 7) is 3.91. The van der Waals surface area contributed by atoms with E-state index in [0.29, 0.717) is 12.1 Å². The van der Waals surface area contributed by atoms with Crippen LogP contribution in [0.5, 0.6) is 5.75 Å². The van der Waals surface area contributed by atoms with E-state index >= 15 is 0 Å². The molecule has 0 aliphatic rings. The van der Waals surface area contributed by atoms with Gasteiger partial charge >= 0.3 is 12.0 Å². The molecular weight excluding hydrogens is 272 g/mol. The first kappa shape index (κ1) is 16.8. The molecule has 0 bridgehead atoms. The van der Waals surface area contributed by atoms with E-state index in [1.807, 2.05) is 13.8 Å². The van der Waals surface area contributed by atoms with E-state index in [4.69, 9.17) is 9.84 Å². The summed E-state index contributed by atoms with van der Waals surface area (Å²) in [5, 5.41) is 14.3. The van der Waals surface area contributed by atoms with Crippen molar-refractivity contribution in [2.45, 2.75) is 26.7 Å². The summed E-state index contributed by atoms with van der Waals surface area (Å²) in [4.78, 5) is 22.8. The average molecular weight is 294 g/mol. The number of anilines is 1. The molecule has 0 spiro atoms. The maximum Gasteiger partial charge on any atom is 0.319 e. The van der Waals surface area contributed by atoms with Gasteiger partial charge in [0.15, 0.2) is 0 Å². The van der Waals surface area contributed by atoms with Gasteiger partial charge in [0.05, 0.1) is 13.0 Å². The fourth-order valence-electron chi connectivity index (χ4n) is 2.01. The minimum absolute atomic E-state index is 0.115. The largest absolute Gasteiger partial charge is 0.496 e. The lowest BCUT2D eigenvalue weighted by atomic mass is 10.0. The van der Waals surface area contributed by atoms with Gasteiger partial charge in [-0.05, 0) is 37.1 Å². The minimum atomic E-state index is -0.891. The molecule has 1 atom stereocenters. The van der Waals surface area contributed by atoms with E-state index in [2.05, 4.69) is 10.6 Å². The van der Waals surface area contributed by atoms with Crippen LogP contribution in [-0.2, 0) is 4.79 Å². The molecule has 0 radical (unpaired) electrons. The van der Waals surface area contributed by atoms with E-state index < -0.39 is 17.9 Å². The van der Waals surface area contributed by atoms with Gasteiger partial charge in [-0.3, -0.25) is 4.79 Å². The summed E-state index contributed by atoms with van der Waals surface area (Å²) in [7, 11) is 1.59. The van der Waals surface area contributed by atoms with Gasteiger partial charge in [-0.2, -0.15) is 0 Å². The number of carbonyl (C=O) groups excluding carboxylic acids is 1. The highest BCUT2D eigenvalue weighted by atomic mass is 16.5. The van der Waals surface area contributed by atoms with Crippen LogP contribution in [0.1, 0.15) is 25.3 Å². The summed E-state index contributed by atoms with van der Waals surface area (Å²) in [6, 6.07) is 4.87. The van der Waals surface area contributed by atoms with Crippen LogP contribution in [0.2, 0.25) is 0 Å². The Morgan fingerprint density at radius 1 is 1.38 bits per heavy atom. The number of carboxylic acids is 1. The van der Waals surface area contributed by atoms with E-state index in [9.17, 15) is 9.59 Å². The molecule has 6 heteroatoms. The maximum absolute atomic E-state index is 11.8. The first-order valence-electron chi connectivity index (χ1n) is 6.90. The first-order valence-corrected chi connectivity index (χ1v) is 6.90. The Hall–Kier alpha value is -2.24. The van der Waals surface area contributed by atoms with Gasteiger partial charge in [0.2, 0.25) is 0 Å². The van der Waals surface area contributed by atoms with Gasteiger partial charge in [-0.25, -0.2) is 4.79 Å². The highest BCUT2D eigenvalue weighted by Crippen LogP contribution is 2.21. The predicted octanol–water partition coefficient (Wildman–Crippen LogP) is 2.63. The number of rotatable bonds is 7. The van der Waals surface area contributed by atoms with Crippen molar-refractivity contribution in [1.82, 2.24) is 5.32 Å². The average Bonchev–Trinajstić information content (AvgIpc) is 2.43. The molecule has 1 aromatic rings. The monoisotopic (exact) mass is 294 g/mol. The van der Waals surface area contributed by atoms with Crippen molar-refractivity contribution < 1.29 is 19.4 Å². The van der Waals surface area contributed by atoms with E-state index in [1.54, 1.807) is 25.3 Å². The summed E-state index contributed by atoms with van der Waals surface area (Å²) in [5.74, 6) is -0.703. The van der Waals surface area contributed by atoms with Crippen LogP contribution < -0.4 is 15.4 Å². The third-order valence-electron chi connectivity index (χ3n) is 3.15. The van der Waals surface area contributed by atoms with Crippen LogP contribution in [0.15, 0.2) is 18.2 Å². The van der Waals surface area contributed by atoms with E-state index in [0.717, 1.165) is 17.7 Å². The van der Waals surface area contributed by atoms with Crippen LogP contribution in [0.4, 0.5) is 10.5 Å². The molecule has 116 valence electrons. The number of aliphatic carboxylic acids is 1. The second-order valence-electron chi connectivity index (χ2n) is 4.84. The lowest BCUT2D eigenvalue weighted by Gasteiger charge is -2.13. The quantitative estimate of drug-likeness (QED) is 0.721. The highest BCUT2D eigenvalue weighted by molar-refractivity contribution is 5.89. The van der Waals surface area contributed by atoms with Crippen molar-refractivity contribution >= 4 is 17.7 Å². The number of amides is 2. The van der Waals surface area contributed by atoms with Crippen molar-refractivity contribution in [2.75, 3.05) is 19.0 Å². The van der Waals surface area contributed by atoms with E-state index in [-0.39, 0.29) is 6.54 Å². The fourth-order valence-corrected chi connectivity index (χ4v) is 2.01. The normalized spacial score (nSPS) is 11.6. The SMILES string of the molecule is CCCC(CNC(=O)Nc1ccc(OC)c(C)c1)C(=O)O. The molecule has 0 heterocycles.